The van der Waals surface area contributed by atoms with Crippen LogP contribution < -0.4 is 5.11 Å². The highest BCUT2D eigenvalue weighted by atomic mass is 16.7. The van der Waals surface area contributed by atoms with Crippen molar-refractivity contribution in [3.8, 4) is 0 Å². The van der Waals surface area contributed by atoms with E-state index in [1.54, 1.807) is 0 Å². The average molecular weight is 1070 g/mol. The zero-order valence-corrected chi connectivity index (χ0v) is 51.2. The minimum absolute atomic E-state index is 0.149. The van der Waals surface area contributed by atoms with Gasteiger partial charge in [-0.2, -0.15) is 0 Å². The van der Waals surface area contributed by atoms with Crippen molar-refractivity contribution in [2.24, 2.45) is 0 Å². The van der Waals surface area contributed by atoms with Crippen LogP contribution >= 0.6 is 0 Å². The van der Waals surface area contributed by atoms with Gasteiger partial charge in [0, 0.05) is 12.8 Å². The van der Waals surface area contributed by atoms with Gasteiger partial charge in [0.05, 0.1) is 40.3 Å². The molecule has 76 heavy (non-hydrogen) atoms. The van der Waals surface area contributed by atoms with Gasteiger partial charge >= 0.3 is 11.9 Å². The Hall–Kier alpha value is -2.23. The summed E-state index contributed by atoms with van der Waals surface area (Å²) in [4.78, 5) is 37.4. The third-order valence-corrected chi connectivity index (χ3v) is 15.0. The number of carbonyl (C=O) groups excluding carboxylic acids is 3. The highest BCUT2D eigenvalue weighted by Crippen LogP contribution is 2.18. The van der Waals surface area contributed by atoms with Gasteiger partial charge in [0.15, 0.2) is 12.4 Å². The van der Waals surface area contributed by atoms with Crippen LogP contribution in [0, 0.1) is 0 Å². The topological polar surface area (TPSA) is 111 Å². The minimum Gasteiger partial charge on any atom is -0.545 e. The molecule has 0 radical (unpaired) electrons. The quantitative estimate of drug-likeness (QED) is 0.0195. The summed E-state index contributed by atoms with van der Waals surface area (Å²) < 4.78 is 22.8. The number of hydrogen-bond donors (Lipinski definition) is 0. The smallest absolute Gasteiger partial charge is 0.306 e. The van der Waals surface area contributed by atoms with Crippen molar-refractivity contribution in [3.63, 3.8) is 0 Å². The second-order valence-corrected chi connectivity index (χ2v) is 23.8. The summed E-state index contributed by atoms with van der Waals surface area (Å²) in [6.45, 7) is 4.78. The number of allylic oxidation sites excluding steroid dienone is 4. The summed E-state index contributed by atoms with van der Waals surface area (Å²) in [5.74, 6) is -2.27. The van der Waals surface area contributed by atoms with E-state index in [0.29, 0.717) is 23.9 Å². The molecule has 0 saturated heterocycles. The Kier molecular flexibility index (Phi) is 57.2. The molecule has 448 valence electrons. The van der Waals surface area contributed by atoms with E-state index >= 15 is 0 Å². The van der Waals surface area contributed by atoms with Crippen molar-refractivity contribution < 1.29 is 42.9 Å². The molecule has 2 unspecified atom stereocenters. The highest BCUT2D eigenvalue weighted by Gasteiger charge is 2.22. The van der Waals surface area contributed by atoms with Gasteiger partial charge < -0.3 is 33.3 Å². The van der Waals surface area contributed by atoms with E-state index in [2.05, 4.69) is 38.2 Å². The molecule has 0 aromatic rings. The first kappa shape index (κ1) is 73.8. The number of quaternary nitrogens is 1. The highest BCUT2D eigenvalue weighted by molar-refractivity contribution is 5.70. The number of carboxylic acid groups (broad SMARTS) is 1. The normalized spacial score (nSPS) is 12.8. The molecule has 0 heterocycles. The lowest BCUT2D eigenvalue weighted by atomic mass is 10.0. The molecule has 2 atom stereocenters. The molecule has 0 rings (SSSR count). The summed E-state index contributed by atoms with van der Waals surface area (Å²) in [6.07, 6.45) is 68.3. The monoisotopic (exact) mass is 1070 g/mol. The van der Waals surface area contributed by atoms with Crippen molar-refractivity contribution >= 4 is 17.9 Å². The Morgan fingerprint density at radius 3 is 1.07 bits per heavy atom. The molecular formula is C67H127NO8. The number of carbonyl (C=O) groups is 3. The van der Waals surface area contributed by atoms with Gasteiger partial charge in [0.2, 0.25) is 0 Å². The molecule has 0 fully saturated rings. The Morgan fingerprint density at radius 2 is 0.711 bits per heavy atom. The number of esters is 2. The van der Waals surface area contributed by atoms with Crippen molar-refractivity contribution in [2.45, 2.75) is 341 Å². The van der Waals surface area contributed by atoms with E-state index in [1.807, 2.05) is 21.1 Å². The Bertz CT molecular complexity index is 1300. The number of nitrogens with zero attached hydrogens (tertiary/aromatic N) is 1. The van der Waals surface area contributed by atoms with E-state index < -0.39 is 24.3 Å². The Balaban J connectivity index is 4.04. The summed E-state index contributed by atoms with van der Waals surface area (Å²) in [5.41, 5.74) is 0. The molecule has 0 spiro atoms. The molecular weight excluding hydrogens is 947 g/mol. The molecule has 0 aliphatic rings. The largest absolute Gasteiger partial charge is 0.545 e. The van der Waals surface area contributed by atoms with E-state index in [1.165, 1.54) is 244 Å². The van der Waals surface area contributed by atoms with Crippen molar-refractivity contribution in [2.75, 3.05) is 47.5 Å². The van der Waals surface area contributed by atoms with Gasteiger partial charge in [-0.3, -0.25) is 9.59 Å². The van der Waals surface area contributed by atoms with Crippen LogP contribution in [0.25, 0.3) is 0 Å². The van der Waals surface area contributed by atoms with Gasteiger partial charge in [-0.05, 0) is 44.9 Å². The first-order chi connectivity index (χ1) is 37.1. The van der Waals surface area contributed by atoms with E-state index in [4.69, 9.17) is 18.9 Å². The lowest BCUT2D eigenvalue weighted by Crippen LogP contribution is -2.44. The number of likely N-dealkylation sites (N-methyl/N-ethyl adjacent to an activating group) is 1. The fourth-order valence-electron chi connectivity index (χ4n) is 9.87. The fraction of sp³-hybridized carbons (Fsp3) is 0.896. The summed E-state index contributed by atoms with van der Waals surface area (Å²) in [6, 6.07) is 0. The van der Waals surface area contributed by atoms with Crippen molar-refractivity contribution in [3.05, 3.63) is 24.3 Å². The third-order valence-electron chi connectivity index (χ3n) is 15.0. The van der Waals surface area contributed by atoms with Crippen LogP contribution in [0.15, 0.2) is 24.3 Å². The fourth-order valence-corrected chi connectivity index (χ4v) is 9.87. The van der Waals surface area contributed by atoms with E-state index in [0.717, 1.165) is 51.4 Å². The zero-order valence-electron chi connectivity index (χ0n) is 51.2. The van der Waals surface area contributed by atoms with Gasteiger partial charge in [0.1, 0.15) is 13.2 Å². The van der Waals surface area contributed by atoms with E-state index in [-0.39, 0.29) is 32.2 Å². The molecule has 0 aliphatic carbocycles. The molecule has 0 N–H and O–H groups in total. The molecule has 0 saturated carbocycles. The summed E-state index contributed by atoms with van der Waals surface area (Å²) >= 11 is 0. The first-order valence-electron chi connectivity index (χ1n) is 33.0. The predicted molar refractivity (Wildman–Crippen MR) is 320 cm³/mol. The maximum absolute atomic E-state index is 12.9. The van der Waals surface area contributed by atoms with Gasteiger partial charge in [-0.1, -0.05) is 295 Å². The Labute approximate surface area is 471 Å². The standard InChI is InChI=1S/C67H127NO8/c1-6-8-10-12-14-16-18-20-22-24-26-27-28-29-30-31-32-33-34-35-36-37-38-40-41-43-45-47-49-51-53-55-57-64(69)74-61-63(62-75-67(66(71)72)73-60-59-68(3,4)5)76-65(70)58-56-54-52-50-48-46-44-42-39-25-23-21-19-17-15-13-11-9-7-2/h15,17,21,23,63,67H,6-14,16,18-20,22,24-62H2,1-5H3/b17-15-,23-21-. The second-order valence-electron chi connectivity index (χ2n) is 23.8. The van der Waals surface area contributed by atoms with Crippen LogP contribution in [-0.4, -0.2) is 82.3 Å². The Morgan fingerprint density at radius 1 is 0.395 bits per heavy atom. The van der Waals surface area contributed by atoms with Crippen LogP contribution in [-0.2, 0) is 33.3 Å². The predicted octanol–water partition coefficient (Wildman–Crippen LogP) is 18.5. The lowest BCUT2D eigenvalue weighted by Gasteiger charge is -2.26. The van der Waals surface area contributed by atoms with Gasteiger partial charge in [-0.15, -0.1) is 0 Å². The van der Waals surface area contributed by atoms with Gasteiger partial charge in [-0.25, -0.2) is 0 Å². The van der Waals surface area contributed by atoms with Crippen LogP contribution in [0.3, 0.4) is 0 Å². The van der Waals surface area contributed by atoms with Gasteiger partial charge in [0.25, 0.3) is 0 Å². The molecule has 9 heteroatoms. The molecule has 0 aliphatic heterocycles. The number of unbranched alkanes of at least 4 members (excludes halogenated alkanes) is 43. The van der Waals surface area contributed by atoms with Crippen LogP contribution in [0.2, 0.25) is 0 Å². The molecule has 0 aromatic heterocycles. The van der Waals surface area contributed by atoms with Crippen LogP contribution in [0.5, 0.6) is 0 Å². The average Bonchev–Trinajstić information content (AvgIpc) is 3.39. The number of hydrogen-bond acceptors (Lipinski definition) is 8. The van der Waals surface area contributed by atoms with Crippen LogP contribution in [0.4, 0.5) is 0 Å². The number of rotatable bonds is 62. The van der Waals surface area contributed by atoms with E-state index in [9.17, 15) is 19.5 Å². The molecule has 0 amide bonds. The molecule has 9 nitrogen and oxygen atoms in total. The maximum Gasteiger partial charge on any atom is 0.306 e. The first-order valence-corrected chi connectivity index (χ1v) is 33.0. The number of carboxylic acids is 1. The second kappa shape index (κ2) is 58.9. The number of aliphatic carboxylic acids is 1. The molecule has 0 bridgehead atoms. The third kappa shape index (κ3) is 59.4. The zero-order chi connectivity index (χ0) is 55.5. The van der Waals surface area contributed by atoms with Crippen molar-refractivity contribution in [1.82, 2.24) is 0 Å². The summed E-state index contributed by atoms with van der Waals surface area (Å²) in [7, 11) is 5.93. The van der Waals surface area contributed by atoms with Crippen LogP contribution in [0.1, 0.15) is 328 Å². The SMILES string of the molecule is CCCCC/C=C\C/C=C\CCCCCCCCCCCC(=O)OC(COC(=O)CCCCCCCCCCCCCCCCCCCCCCCCCCCCCCCCCC)COC(OCC[N+](C)(C)C)C(=O)[O-]. The lowest BCUT2D eigenvalue weighted by molar-refractivity contribution is -0.870. The minimum atomic E-state index is -1.62. The van der Waals surface area contributed by atoms with Crippen molar-refractivity contribution in [1.29, 1.82) is 0 Å². The molecule has 0 aromatic carbocycles. The summed E-state index contributed by atoms with van der Waals surface area (Å²) in [5, 5.41) is 11.8. The maximum atomic E-state index is 12.9. The number of ether oxygens (including phenoxy) is 4.